The molecular weight excluding hydrogens is 468 g/mol. The van der Waals surface area contributed by atoms with E-state index in [4.69, 9.17) is 16.0 Å². The van der Waals surface area contributed by atoms with Crippen LogP contribution in [0.4, 0.5) is 5.69 Å². The third-order valence-corrected chi connectivity index (χ3v) is 7.37. The Morgan fingerprint density at radius 3 is 2.03 bits per heavy atom. The Morgan fingerprint density at radius 1 is 0.943 bits per heavy atom. The average molecular weight is 495 g/mol. The molecule has 1 N–H and O–H groups in total. The molecule has 1 aromatic carbocycles. The number of carbonyl (C=O) groups excluding carboxylic acids is 2. The van der Waals surface area contributed by atoms with Crippen LogP contribution in [0, 0.1) is 20.9 Å². The van der Waals surface area contributed by atoms with E-state index in [9.17, 15) is 19.7 Å². The van der Waals surface area contributed by atoms with E-state index in [0.717, 1.165) is 11.4 Å². The molecule has 0 radical (unpaired) electrons. The molecule has 2 aliphatic carbocycles. The molecule has 0 saturated heterocycles. The Hall–Kier alpha value is -3.19. The highest BCUT2D eigenvalue weighted by Gasteiger charge is 2.47. The maximum atomic E-state index is 13.4. The number of dihydropyridines is 1. The second kappa shape index (κ2) is 7.92. The molecule has 0 unspecified atom stereocenters. The number of nitrogens with zero attached hydrogens (tertiary/aromatic N) is 1. The fourth-order valence-electron chi connectivity index (χ4n) is 5.64. The molecule has 5 rings (SSSR count). The highest BCUT2D eigenvalue weighted by atomic mass is 35.5. The Kier molecular flexibility index (Phi) is 5.33. The van der Waals surface area contributed by atoms with Gasteiger partial charge in [-0.25, -0.2) is 0 Å². The SMILES string of the molecule is CC1(C)CC(=O)C2=C(C1)NC1=C(C(=O)CC(C)(C)C1)C2c1ccc(-c2ccc([N+](=O)[O-])cc2Cl)o1. The average Bonchev–Trinajstić information content (AvgIpc) is 3.19. The van der Waals surface area contributed by atoms with Crippen molar-refractivity contribution in [1.29, 1.82) is 0 Å². The third kappa shape index (κ3) is 4.12. The van der Waals surface area contributed by atoms with Gasteiger partial charge < -0.3 is 9.73 Å². The lowest BCUT2D eigenvalue weighted by molar-refractivity contribution is -0.384. The number of allylic oxidation sites excluding steroid dienone is 4. The zero-order valence-corrected chi connectivity index (χ0v) is 20.9. The van der Waals surface area contributed by atoms with Gasteiger partial charge in [0.1, 0.15) is 11.5 Å². The van der Waals surface area contributed by atoms with E-state index in [0.29, 0.717) is 53.9 Å². The van der Waals surface area contributed by atoms with Crippen LogP contribution in [0.2, 0.25) is 5.02 Å². The van der Waals surface area contributed by atoms with Gasteiger partial charge in [0.05, 0.1) is 15.9 Å². The van der Waals surface area contributed by atoms with E-state index in [2.05, 4.69) is 33.0 Å². The first kappa shape index (κ1) is 23.5. The van der Waals surface area contributed by atoms with Gasteiger partial charge in [-0.3, -0.25) is 19.7 Å². The number of ketones is 2. The number of hydrogen-bond acceptors (Lipinski definition) is 6. The molecule has 0 amide bonds. The van der Waals surface area contributed by atoms with Crippen LogP contribution in [0.5, 0.6) is 0 Å². The van der Waals surface area contributed by atoms with Crippen molar-refractivity contribution < 1.29 is 18.9 Å². The summed E-state index contributed by atoms with van der Waals surface area (Å²) < 4.78 is 6.23. The van der Waals surface area contributed by atoms with E-state index < -0.39 is 10.8 Å². The molecule has 35 heavy (non-hydrogen) atoms. The Bertz CT molecular complexity index is 1310. The molecule has 7 nitrogen and oxygen atoms in total. The van der Waals surface area contributed by atoms with E-state index in [1.165, 1.54) is 12.1 Å². The molecule has 2 heterocycles. The predicted molar refractivity (Wildman–Crippen MR) is 132 cm³/mol. The lowest BCUT2D eigenvalue weighted by Gasteiger charge is -2.43. The highest BCUT2D eigenvalue weighted by molar-refractivity contribution is 6.33. The number of rotatable bonds is 3. The number of nitro benzene ring substituents is 1. The van der Waals surface area contributed by atoms with Crippen molar-refractivity contribution in [3.05, 3.63) is 73.8 Å². The summed E-state index contributed by atoms with van der Waals surface area (Å²) in [5.74, 6) is 0.375. The monoisotopic (exact) mass is 494 g/mol. The lowest BCUT2D eigenvalue weighted by atomic mass is 9.65. The van der Waals surface area contributed by atoms with Crippen molar-refractivity contribution in [2.75, 3.05) is 0 Å². The molecule has 182 valence electrons. The number of non-ortho nitro benzene ring substituents is 1. The molecule has 0 spiro atoms. The summed E-state index contributed by atoms with van der Waals surface area (Å²) in [4.78, 5) is 37.4. The Labute approximate surface area is 208 Å². The van der Waals surface area contributed by atoms with Crippen molar-refractivity contribution in [3.8, 4) is 11.3 Å². The number of furan rings is 1. The van der Waals surface area contributed by atoms with Gasteiger partial charge in [-0.15, -0.1) is 0 Å². The zero-order chi connectivity index (χ0) is 25.3. The number of halogens is 1. The molecule has 0 atom stereocenters. The molecule has 2 aromatic rings. The van der Waals surface area contributed by atoms with Gasteiger partial charge in [0.2, 0.25) is 0 Å². The summed E-state index contributed by atoms with van der Waals surface area (Å²) in [7, 11) is 0. The van der Waals surface area contributed by atoms with Crippen LogP contribution in [0.25, 0.3) is 11.3 Å². The normalized spacial score (nSPS) is 21.5. The minimum atomic E-state index is -0.584. The number of hydrogen-bond donors (Lipinski definition) is 1. The van der Waals surface area contributed by atoms with E-state index in [-0.39, 0.29) is 33.1 Å². The van der Waals surface area contributed by atoms with Crippen LogP contribution < -0.4 is 5.32 Å². The molecule has 0 fully saturated rings. The van der Waals surface area contributed by atoms with Gasteiger partial charge in [-0.2, -0.15) is 0 Å². The minimum Gasteiger partial charge on any atom is -0.460 e. The van der Waals surface area contributed by atoms with Crippen LogP contribution in [0.3, 0.4) is 0 Å². The second-order valence-electron chi connectivity index (χ2n) is 11.3. The van der Waals surface area contributed by atoms with Crippen LogP contribution >= 0.6 is 11.6 Å². The molecule has 1 aliphatic heterocycles. The summed E-state index contributed by atoms with van der Waals surface area (Å²) in [5, 5.41) is 14.8. The van der Waals surface area contributed by atoms with Crippen molar-refractivity contribution >= 4 is 28.9 Å². The van der Waals surface area contributed by atoms with E-state index in [1.54, 1.807) is 18.2 Å². The van der Waals surface area contributed by atoms with Crippen molar-refractivity contribution in [3.63, 3.8) is 0 Å². The van der Waals surface area contributed by atoms with Gasteiger partial charge in [0, 0.05) is 53.1 Å². The maximum Gasteiger partial charge on any atom is 0.270 e. The largest absolute Gasteiger partial charge is 0.460 e. The van der Waals surface area contributed by atoms with Crippen LogP contribution in [0.15, 0.2) is 57.3 Å². The van der Waals surface area contributed by atoms with Crippen LogP contribution in [-0.2, 0) is 9.59 Å². The number of nitrogens with one attached hydrogen (secondary N) is 1. The van der Waals surface area contributed by atoms with Crippen LogP contribution in [-0.4, -0.2) is 16.5 Å². The summed E-state index contributed by atoms with van der Waals surface area (Å²) >= 11 is 6.33. The van der Waals surface area contributed by atoms with Gasteiger partial charge in [0.25, 0.3) is 5.69 Å². The smallest absolute Gasteiger partial charge is 0.270 e. The van der Waals surface area contributed by atoms with Crippen molar-refractivity contribution in [1.82, 2.24) is 5.32 Å². The predicted octanol–water partition coefficient (Wildman–Crippen LogP) is 6.48. The summed E-state index contributed by atoms with van der Waals surface area (Å²) in [6.07, 6.45) is 2.21. The number of nitro groups is 1. The Balaban J connectivity index is 1.63. The van der Waals surface area contributed by atoms with E-state index >= 15 is 0 Å². The maximum absolute atomic E-state index is 13.4. The third-order valence-electron chi connectivity index (χ3n) is 7.06. The standard InChI is InChI=1S/C27H27ClN2O5/c1-26(2)10-17-23(19(31)12-26)25(24-18(29-17)11-27(3,4)13-20(24)32)22-8-7-21(35-22)15-6-5-14(30(33)34)9-16(15)28/h5-9,25,29H,10-13H2,1-4H3. The molecule has 0 bridgehead atoms. The lowest BCUT2D eigenvalue weighted by Crippen LogP contribution is -2.42. The first-order chi connectivity index (χ1) is 16.3. The zero-order valence-electron chi connectivity index (χ0n) is 20.2. The quantitative estimate of drug-likeness (QED) is 0.387. The van der Waals surface area contributed by atoms with Gasteiger partial charge in [-0.1, -0.05) is 39.3 Å². The Morgan fingerprint density at radius 2 is 1.51 bits per heavy atom. The number of benzene rings is 1. The number of carbonyl (C=O) groups is 2. The minimum absolute atomic E-state index is 0.0178. The molecular formula is C27H27ClN2O5. The first-order valence-corrected chi connectivity index (χ1v) is 12.1. The van der Waals surface area contributed by atoms with Crippen molar-refractivity contribution in [2.24, 2.45) is 10.8 Å². The second-order valence-corrected chi connectivity index (χ2v) is 11.8. The number of Topliss-reactive ketones (excluding diaryl/α,β-unsaturated/α-hetero) is 2. The fourth-order valence-corrected chi connectivity index (χ4v) is 5.91. The molecule has 3 aliphatic rings. The van der Waals surface area contributed by atoms with Gasteiger partial charge in [0.15, 0.2) is 11.6 Å². The topological polar surface area (TPSA) is 102 Å². The highest BCUT2D eigenvalue weighted by Crippen LogP contribution is 2.51. The van der Waals surface area contributed by atoms with Crippen molar-refractivity contribution in [2.45, 2.75) is 59.3 Å². The summed E-state index contributed by atoms with van der Waals surface area (Å²) in [6, 6.07) is 7.71. The van der Waals surface area contributed by atoms with Crippen LogP contribution in [0.1, 0.15) is 65.1 Å². The fraction of sp³-hybridized carbons (Fsp3) is 0.407. The van der Waals surface area contributed by atoms with Gasteiger partial charge >= 0.3 is 0 Å². The molecule has 0 saturated carbocycles. The molecule has 8 heteroatoms. The first-order valence-electron chi connectivity index (χ1n) is 11.7. The summed E-state index contributed by atoms with van der Waals surface area (Å²) in [5.41, 5.74) is 2.98. The summed E-state index contributed by atoms with van der Waals surface area (Å²) in [6.45, 7) is 8.30. The molecule has 1 aromatic heterocycles. The van der Waals surface area contributed by atoms with E-state index in [1.807, 2.05) is 0 Å². The van der Waals surface area contributed by atoms with Gasteiger partial charge in [-0.05, 0) is 41.9 Å².